The molecule has 3 N–H and O–H groups in total. The molecule has 0 radical (unpaired) electrons. The molecule has 1 aliphatic rings. The van der Waals surface area contributed by atoms with Crippen molar-refractivity contribution in [3.8, 4) is 0 Å². The average Bonchev–Trinajstić information content (AvgIpc) is 2.47. The number of anilines is 1. The molecule has 1 amide bonds. The van der Waals surface area contributed by atoms with Gasteiger partial charge in [-0.3, -0.25) is 5.32 Å². The predicted octanol–water partition coefficient (Wildman–Crippen LogP) is 3.23. The Balaban J connectivity index is 2.07. The molecular formula is C16H24F2N4O2. The van der Waals surface area contributed by atoms with Gasteiger partial charge in [0.15, 0.2) is 0 Å². The second kappa shape index (κ2) is 6.58. The van der Waals surface area contributed by atoms with Gasteiger partial charge in [0.05, 0.1) is 0 Å². The van der Waals surface area contributed by atoms with Gasteiger partial charge in [-0.05, 0) is 39.2 Å². The van der Waals surface area contributed by atoms with E-state index < -0.39 is 23.0 Å². The van der Waals surface area contributed by atoms with E-state index in [2.05, 4.69) is 15.3 Å². The number of carbonyl (C=O) groups is 1. The fraction of sp³-hybridized carbons (Fsp3) is 0.688. The monoisotopic (exact) mass is 342 g/mol. The quantitative estimate of drug-likeness (QED) is 0.880. The number of alkyl halides is 2. The van der Waals surface area contributed by atoms with Gasteiger partial charge in [-0.1, -0.05) is 0 Å². The molecular weight excluding hydrogens is 318 g/mol. The lowest BCUT2D eigenvalue weighted by Gasteiger charge is -2.39. The maximum absolute atomic E-state index is 13.4. The van der Waals surface area contributed by atoms with E-state index in [1.807, 2.05) is 0 Å². The maximum atomic E-state index is 13.4. The standard InChI is InChI=1S/C16H24F2N4O2/c1-14(2,3)24-13(23)22-12-20-8-11(9-21-12)15(10-19)4-6-16(17,18)7-5-15/h8-9H,4-7,10,19H2,1-3H3,(H,20,21,22,23). The lowest BCUT2D eigenvalue weighted by molar-refractivity contribution is -0.0510. The number of amides is 1. The van der Waals surface area contributed by atoms with E-state index in [0.29, 0.717) is 12.8 Å². The molecule has 0 atom stereocenters. The summed E-state index contributed by atoms with van der Waals surface area (Å²) in [4.78, 5) is 19.9. The number of rotatable bonds is 3. The Bertz CT molecular complexity index is 575. The predicted molar refractivity (Wildman–Crippen MR) is 86.0 cm³/mol. The first-order valence-electron chi connectivity index (χ1n) is 7.96. The fourth-order valence-corrected chi connectivity index (χ4v) is 2.77. The molecule has 134 valence electrons. The van der Waals surface area contributed by atoms with Crippen molar-refractivity contribution in [1.82, 2.24) is 9.97 Å². The number of ether oxygens (including phenoxy) is 1. The summed E-state index contributed by atoms with van der Waals surface area (Å²) in [5, 5.41) is 2.44. The van der Waals surface area contributed by atoms with Crippen molar-refractivity contribution in [1.29, 1.82) is 0 Å². The topological polar surface area (TPSA) is 90.1 Å². The first kappa shape index (κ1) is 18.5. The number of aromatic nitrogens is 2. The largest absolute Gasteiger partial charge is 0.444 e. The molecule has 1 fully saturated rings. The number of carbonyl (C=O) groups excluding carboxylic acids is 1. The van der Waals surface area contributed by atoms with Crippen LogP contribution in [0.4, 0.5) is 19.5 Å². The summed E-state index contributed by atoms with van der Waals surface area (Å²) >= 11 is 0. The molecule has 8 heteroatoms. The highest BCUT2D eigenvalue weighted by molar-refractivity contribution is 5.82. The third kappa shape index (κ3) is 4.59. The Morgan fingerprint density at radius 1 is 1.25 bits per heavy atom. The van der Waals surface area contributed by atoms with E-state index in [4.69, 9.17) is 10.5 Å². The zero-order chi connectivity index (χ0) is 18.0. The highest BCUT2D eigenvalue weighted by atomic mass is 19.3. The molecule has 1 saturated carbocycles. The average molecular weight is 342 g/mol. The second-order valence-corrected chi connectivity index (χ2v) is 7.26. The molecule has 1 heterocycles. The molecule has 2 rings (SSSR count). The minimum Gasteiger partial charge on any atom is -0.444 e. The molecule has 0 aromatic carbocycles. The van der Waals surface area contributed by atoms with Crippen LogP contribution >= 0.6 is 0 Å². The SMILES string of the molecule is CC(C)(C)OC(=O)Nc1ncc(C2(CN)CCC(F)(F)CC2)cn1. The Kier molecular flexibility index (Phi) is 5.08. The molecule has 1 aliphatic carbocycles. The number of hydrogen-bond acceptors (Lipinski definition) is 5. The molecule has 0 spiro atoms. The van der Waals surface area contributed by atoms with Crippen LogP contribution in [-0.4, -0.2) is 34.1 Å². The third-order valence-corrected chi connectivity index (χ3v) is 4.21. The zero-order valence-electron chi connectivity index (χ0n) is 14.2. The van der Waals surface area contributed by atoms with Crippen LogP contribution in [-0.2, 0) is 10.2 Å². The van der Waals surface area contributed by atoms with Crippen LogP contribution in [0.5, 0.6) is 0 Å². The Morgan fingerprint density at radius 3 is 2.25 bits per heavy atom. The van der Waals surface area contributed by atoms with Crippen molar-refractivity contribution >= 4 is 12.0 Å². The van der Waals surface area contributed by atoms with Gasteiger partial charge in [-0.2, -0.15) is 0 Å². The van der Waals surface area contributed by atoms with Crippen LogP contribution in [0.1, 0.15) is 52.0 Å². The van der Waals surface area contributed by atoms with Crippen LogP contribution in [0.2, 0.25) is 0 Å². The first-order chi connectivity index (χ1) is 11.1. The number of nitrogens with two attached hydrogens (primary N) is 1. The van der Waals surface area contributed by atoms with Crippen LogP contribution < -0.4 is 11.1 Å². The zero-order valence-corrected chi connectivity index (χ0v) is 14.2. The highest BCUT2D eigenvalue weighted by Gasteiger charge is 2.43. The first-order valence-corrected chi connectivity index (χ1v) is 7.96. The summed E-state index contributed by atoms with van der Waals surface area (Å²) in [5.41, 5.74) is 5.42. The number of nitrogens with zero attached hydrogens (tertiary/aromatic N) is 2. The molecule has 0 saturated heterocycles. The van der Waals surface area contributed by atoms with Crippen LogP contribution in [0.25, 0.3) is 0 Å². The van der Waals surface area contributed by atoms with Crippen molar-refractivity contribution < 1.29 is 18.3 Å². The number of halogens is 2. The van der Waals surface area contributed by atoms with Crippen molar-refractivity contribution in [2.45, 2.75) is 63.4 Å². The fourth-order valence-electron chi connectivity index (χ4n) is 2.77. The summed E-state index contributed by atoms with van der Waals surface area (Å²) < 4.78 is 31.9. The molecule has 0 unspecified atom stereocenters. The van der Waals surface area contributed by atoms with E-state index in [-0.39, 0.29) is 25.3 Å². The van der Waals surface area contributed by atoms with Gasteiger partial charge < -0.3 is 10.5 Å². The minimum absolute atomic E-state index is 0.0984. The Labute approximate surface area is 140 Å². The molecule has 1 aromatic heterocycles. The van der Waals surface area contributed by atoms with Gasteiger partial charge >= 0.3 is 6.09 Å². The van der Waals surface area contributed by atoms with E-state index in [9.17, 15) is 13.6 Å². The summed E-state index contributed by atoms with van der Waals surface area (Å²) in [6.45, 7) is 5.51. The maximum Gasteiger partial charge on any atom is 0.414 e. The molecule has 0 bridgehead atoms. The number of hydrogen-bond donors (Lipinski definition) is 2. The highest BCUT2D eigenvalue weighted by Crippen LogP contribution is 2.44. The van der Waals surface area contributed by atoms with Gasteiger partial charge in [-0.15, -0.1) is 0 Å². The Hall–Kier alpha value is -1.83. The van der Waals surface area contributed by atoms with Crippen molar-refractivity contribution in [2.75, 3.05) is 11.9 Å². The molecule has 0 aliphatic heterocycles. The smallest absolute Gasteiger partial charge is 0.414 e. The minimum atomic E-state index is -2.63. The van der Waals surface area contributed by atoms with E-state index in [0.717, 1.165) is 5.56 Å². The summed E-state index contributed by atoms with van der Waals surface area (Å²) in [6.07, 6.45) is 2.62. The second-order valence-electron chi connectivity index (χ2n) is 7.26. The van der Waals surface area contributed by atoms with Gasteiger partial charge in [-0.25, -0.2) is 23.5 Å². The van der Waals surface area contributed by atoms with E-state index in [1.165, 1.54) is 12.4 Å². The van der Waals surface area contributed by atoms with Gasteiger partial charge in [0, 0.05) is 37.2 Å². The van der Waals surface area contributed by atoms with Crippen LogP contribution in [0.15, 0.2) is 12.4 Å². The summed E-state index contributed by atoms with van der Waals surface area (Å²) in [7, 11) is 0. The van der Waals surface area contributed by atoms with Gasteiger partial charge in [0.1, 0.15) is 5.60 Å². The third-order valence-electron chi connectivity index (χ3n) is 4.21. The van der Waals surface area contributed by atoms with E-state index in [1.54, 1.807) is 20.8 Å². The van der Waals surface area contributed by atoms with Crippen LogP contribution in [0.3, 0.4) is 0 Å². The lowest BCUT2D eigenvalue weighted by atomic mass is 9.69. The van der Waals surface area contributed by atoms with Crippen molar-refractivity contribution in [3.63, 3.8) is 0 Å². The molecule has 24 heavy (non-hydrogen) atoms. The van der Waals surface area contributed by atoms with Gasteiger partial charge in [0.25, 0.3) is 0 Å². The van der Waals surface area contributed by atoms with E-state index >= 15 is 0 Å². The Morgan fingerprint density at radius 2 is 1.79 bits per heavy atom. The van der Waals surface area contributed by atoms with Crippen molar-refractivity contribution in [3.05, 3.63) is 18.0 Å². The van der Waals surface area contributed by atoms with Gasteiger partial charge in [0.2, 0.25) is 11.9 Å². The van der Waals surface area contributed by atoms with Crippen molar-refractivity contribution in [2.24, 2.45) is 5.73 Å². The number of nitrogens with one attached hydrogen (secondary N) is 1. The molecule has 6 nitrogen and oxygen atoms in total. The molecule has 1 aromatic rings. The summed E-state index contributed by atoms with van der Waals surface area (Å²) in [5.74, 6) is -2.53. The van der Waals surface area contributed by atoms with Crippen LogP contribution in [0, 0.1) is 0 Å². The summed E-state index contributed by atoms with van der Waals surface area (Å²) in [6, 6.07) is 0. The normalized spacial score (nSPS) is 19.6. The lowest BCUT2D eigenvalue weighted by Crippen LogP contribution is -2.42.